The number of hydrogen-bond donors (Lipinski definition) is 2. The average molecular weight is 734 g/mol. The van der Waals surface area contributed by atoms with Gasteiger partial charge in [-0.25, -0.2) is 4.79 Å². The number of carboxylic acid groups (broad SMARTS) is 1. The van der Waals surface area contributed by atoms with Crippen molar-refractivity contribution < 1.29 is 43.2 Å². The zero-order valence-corrected chi connectivity index (χ0v) is 29.6. The zero-order valence-electron chi connectivity index (χ0n) is 29.6. The summed E-state index contributed by atoms with van der Waals surface area (Å²) in [5.74, 6) is -0.943. The smallest absolute Gasteiger partial charge is 0.351 e. The number of carbonyl (C=O) groups is 3. The molecule has 0 aliphatic carbocycles. The molecule has 4 aromatic carbocycles. The Balaban J connectivity index is 1.38. The Bertz CT molecular complexity index is 2060. The molecule has 0 bridgehead atoms. The third-order valence-electron chi connectivity index (χ3n) is 9.05. The lowest BCUT2D eigenvalue weighted by molar-refractivity contribution is -0.155. The van der Waals surface area contributed by atoms with E-state index >= 15 is 0 Å². The normalized spacial score (nSPS) is 16.7. The van der Waals surface area contributed by atoms with Gasteiger partial charge >= 0.3 is 17.6 Å². The van der Waals surface area contributed by atoms with Crippen molar-refractivity contribution in [3.05, 3.63) is 154 Å². The summed E-state index contributed by atoms with van der Waals surface area (Å²) in [6, 6.07) is 34.6. The van der Waals surface area contributed by atoms with Gasteiger partial charge in [0.1, 0.15) is 41.9 Å². The van der Waals surface area contributed by atoms with Gasteiger partial charge in [-0.1, -0.05) is 72.8 Å². The number of anilines is 1. The monoisotopic (exact) mass is 733 g/mol. The first-order valence-electron chi connectivity index (χ1n) is 17.2. The summed E-state index contributed by atoms with van der Waals surface area (Å²) in [5, 5.41) is 11.7. The molecule has 1 fully saturated rings. The lowest BCUT2D eigenvalue weighted by Crippen LogP contribution is -2.41. The number of carboxylic acids is 1. The molecule has 0 spiro atoms. The van der Waals surface area contributed by atoms with Crippen LogP contribution in [0, 0.1) is 0 Å². The van der Waals surface area contributed by atoms with Gasteiger partial charge in [-0.2, -0.15) is 4.98 Å². The minimum absolute atomic E-state index is 0.0573. The maximum Gasteiger partial charge on any atom is 0.351 e. The Morgan fingerprint density at radius 2 is 1.39 bits per heavy atom. The predicted octanol–water partition coefficient (Wildman–Crippen LogP) is 5.59. The van der Waals surface area contributed by atoms with Gasteiger partial charge < -0.3 is 34.1 Å². The number of carbonyl (C=O) groups excluding carboxylic acids is 2. The van der Waals surface area contributed by atoms with E-state index in [4.69, 9.17) is 28.8 Å². The highest BCUT2D eigenvalue weighted by atomic mass is 16.6. The molecule has 0 radical (unpaired) electrons. The summed E-state index contributed by atoms with van der Waals surface area (Å²) in [6.45, 7) is -0.289. The number of rotatable bonds is 15. The van der Waals surface area contributed by atoms with Gasteiger partial charge in [0.2, 0.25) is 0 Å². The second-order valence-corrected chi connectivity index (χ2v) is 12.4. The molecule has 278 valence electrons. The number of aliphatic carboxylic acids is 1. The standard InChI is InChI=1S/C41H39N3O10/c1-50-31-17-13-29(14-18-31)41(28-11-7-4-8-12-28,30-15-19-32(51-2)20-16-30)54-33-25-36(53-34(33)26-52-38(47)22-21-37(45)46)44-24-23-35(43-40(44)49)42-39(48)27-9-5-3-6-10-27/h3-20,23-24,33-34,36H,21-22,25-26H2,1-2H3,(H,45,46)(H,42,43,48,49)/t33-,34+,36+/m0/s1. The average Bonchev–Trinajstić information content (AvgIpc) is 3.60. The highest BCUT2D eigenvalue weighted by Gasteiger charge is 2.46. The van der Waals surface area contributed by atoms with Crippen LogP contribution >= 0.6 is 0 Å². The van der Waals surface area contributed by atoms with Gasteiger partial charge in [-0.3, -0.25) is 19.0 Å². The van der Waals surface area contributed by atoms with Crippen molar-refractivity contribution in [3.63, 3.8) is 0 Å². The minimum atomic E-state index is -1.27. The van der Waals surface area contributed by atoms with Crippen LogP contribution in [0.3, 0.4) is 0 Å². The number of aromatic nitrogens is 2. The molecule has 3 atom stereocenters. The van der Waals surface area contributed by atoms with E-state index in [1.54, 1.807) is 44.6 Å². The lowest BCUT2D eigenvalue weighted by Gasteiger charge is -2.39. The molecule has 1 amide bonds. The van der Waals surface area contributed by atoms with Crippen LogP contribution in [-0.2, 0) is 29.4 Å². The van der Waals surface area contributed by atoms with Crippen molar-refractivity contribution in [3.8, 4) is 11.5 Å². The maximum atomic E-state index is 13.5. The van der Waals surface area contributed by atoms with Crippen molar-refractivity contribution >= 4 is 23.7 Å². The molecule has 54 heavy (non-hydrogen) atoms. The van der Waals surface area contributed by atoms with Gasteiger partial charge in [0.05, 0.1) is 33.2 Å². The highest BCUT2D eigenvalue weighted by molar-refractivity contribution is 6.03. The van der Waals surface area contributed by atoms with E-state index in [-0.39, 0.29) is 25.3 Å². The fourth-order valence-electron chi connectivity index (χ4n) is 6.34. The van der Waals surface area contributed by atoms with Crippen LogP contribution in [0.15, 0.2) is 126 Å². The third kappa shape index (κ3) is 8.49. The van der Waals surface area contributed by atoms with E-state index in [0.717, 1.165) is 16.7 Å². The molecule has 0 unspecified atom stereocenters. The number of hydrogen-bond acceptors (Lipinski definition) is 10. The van der Waals surface area contributed by atoms with Gasteiger partial charge in [0.15, 0.2) is 0 Å². The summed E-state index contributed by atoms with van der Waals surface area (Å²) in [5.41, 5.74) is 0.708. The summed E-state index contributed by atoms with van der Waals surface area (Å²) < 4.78 is 31.4. The number of ether oxygens (including phenoxy) is 5. The van der Waals surface area contributed by atoms with Crippen LogP contribution in [-0.4, -0.2) is 65.5 Å². The molecule has 5 aromatic rings. The quantitative estimate of drug-likeness (QED) is 0.102. The molecule has 2 N–H and O–H groups in total. The Morgan fingerprint density at radius 1 is 0.815 bits per heavy atom. The van der Waals surface area contributed by atoms with Crippen molar-refractivity contribution in [2.24, 2.45) is 0 Å². The largest absolute Gasteiger partial charge is 0.497 e. The second kappa shape index (κ2) is 17.0. The van der Waals surface area contributed by atoms with Crippen molar-refractivity contribution in [1.29, 1.82) is 0 Å². The first-order valence-corrected chi connectivity index (χ1v) is 17.2. The first kappa shape index (κ1) is 37.4. The van der Waals surface area contributed by atoms with Gasteiger partial charge in [0, 0.05) is 18.2 Å². The molecule has 1 saturated heterocycles. The van der Waals surface area contributed by atoms with Crippen LogP contribution in [0.5, 0.6) is 11.5 Å². The maximum absolute atomic E-state index is 13.5. The zero-order chi connectivity index (χ0) is 38.1. The van der Waals surface area contributed by atoms with Crippen molar-refractivity contribution in [2.45, 2.75) is 43.3 Å². The molecule has 1 aliphatic rings. The molecule has 13 nitrogen and oxygen atoms in total. The fourth-order valence-corrected chi connectivity index (χ4v) is 6.34. The Morgan fingerprint density at radius 3 is 1.94 bits per heavy atom. The van der Waals surface area contributed by atoms with Crippen LogP contribution in [0.4, 0.5) is 5.82 Å². The molecular weight excluding hydrogens is 694 g/mol. The molecule has 1 aromatic heterocycles. The molecule has 1 aliphatic heterocycles. The summed E-state index contributed by atoms with van der Waals surface area (Å²) in [6.07, 6.45) is -1.78. The van der Waals surface area contributed by atoms with Crippen LogP contribution in [0.1, 0.15) is 52.5 Å². The highest BCUT2D eigenvalue weighted by Crippen LogP contribution is 2.45. The van der Waals surface area contributed by atoms with E-state index < -0.39 is 54.0 Å². The summed E-state index contributed by atoms with van der Waals surface area (Å²) >= 11 is 0. The summed E-state index contributed by atoms with van der Waals surface area (Å²) in [7, 11) is 3.16. The van der Waals surface area contributed by atoms with Crippen molar-refractivity contribution in [2.75, 3.05) is 26.1 Å². The minimum Gasteiger partial charge on any atom is -0.497 e. The number of methoxy groups -OCH3 is 2. The van der Waals surface area contributed by atoms with Crippen LogP contribution < -0.4 is 20.5 Å². The van der Waals surface area contributed by atoms with Gasteiger partial charge in [-0.05, 0) is 59.2 Å². The molecule has 6 rings (SSSR count). The number of nitrogens with zero attached hydrogens (tertiary/aromatic N) is 2. The van der Waals surface area contributed by atoms with Gasteiger partial charge in [0.25, 0.3) is 5.91 Å². The number of esters is 1. The number of nitrogens with one attached hydrogen (secondary N) is 1. The van der Waals surface area contributed by atoms with Gasteiger partial charge in [-0.15, -0.1) is 0 Å². The Labute approximate surface area is 311 Å². The number of benzene rings is 4. The summed E-state index contributed by atoms with van der Waals surface area (Å²) in [4.78, 5) is 54.0. The topological polar surface area (TPSA) is 165 Å². The Hall–Kier alpha value is -6.31. The van der Waals surface area contributed by atoms with E-state index in [1.165, 1.54) is 16.8 Å². The number of amides is 1. The molecule has 13 heteroatoms. The van der Waals surface area contributed by atoms with Crippen LogP contribution in [0.25, 0.3) is 0 Å². The van der Waals surface area contributed by atoms with E-state index in [1.807, 2.05) is 78.9 Å². The SMILES string of the molecule is COc1ccc(C(O[C@H]2C[C@H](n3ccc(NC(=O)c4ccccc4)nc3=O)O[C@@H]2COC(=O)CCC(=O)O)(c2ccccc2)c2ccc(OC)cc2)cc1. The molecular formula is C41H39N3O10. The van der Waals surface area contributed by atoms with E-state index in [2.05, 4.69) is 10.3 Å². The molecule has 2 heterocycles. The predicted molar refractivity (Wildman–Crippen MR) is 196 cm³/mol. The third-order valence-corrected chi connectivity index (χ3v) is 9.05. The first-order chi connectivity index (χ1) is 26.2. The fraction of sp³-hybridized carbons (Fsp3) is 0.244. The van der Waals surface area contributed by atoms with Crippen molar-refractivity contribution in [1.82, 2.24) is 9.55 Å². The van der Waals surface area contributed by atoms with E-state index in [9.17, 15) is 19.2 Å². The van der Waals surface area contributed by atoms with Crippen LogP contribution in [0.2, 0.25) is 0 Å². The van der Waals surface area contributed by atoms with E-state index in [0.29, 0.717) is 17.1 Å². The molecule has 0 saturated carbocycles. The lowest BCUT2D eigenvalue weighted by atomic mass is 9.79. The second-order valence-electron chi connectivity index (χ2n) is 12.4. The Kier molecular flexibility index (Phi) is 11.8.